The van der Waals surface area contributed by atoms with Crippen molar-refractivity contribution in [3.8, 4) is 0 Å². The van der Waals surface area contributed by atoms with E-state index in [0.29, 0.717) is 0 Å². The molecule has 1 atom stereocenters. The molecule has 0 radical (unpaired) electrons. The molecular weight excluding hydrogens is 222 g/mol. The molecule has 0 bridgehead atoms. The van der Waals surface area contributed by atoms with Crippen LogP contribution >= 0.6 is 0 Å². The van der Waals surface area contributed by atoms with Gasteiger partial charge in [-0.15, -0.1) is 0 Å². The summed E-state index contributed by atoms with van der Waals surface area (Å²) in [5.41, 5.74) is 2.19. The molecule has 1 N–H and O–H groups in total. The van der Waals surface area contributed by atoms with Crippen LogP contribution in [-0.4, -0.2) is 18.4 Å². The van der Waals surface area contributed by atoms with Gasteiger partial charge in [-0.2, -0.15) is 0 Å². The van der Waals surface area contributed by atoms with Crippen molar-refractivity contribution < 1.29 is 4.79 Å². The Morgan fingerprint density at radius 1 is 1.28 bits per heavy atom. The molecule has 1 heterocycles. The fourth-order valence-electron chi connectivity index (χ4n) is 2.49. The third-order valence-corrected chi connectivity index (χ3v) is 3.68. The highest BCUT2D eigenvalue weighted by molar-refractivity contribution is 6.00. The van der Waals surface area contributed by atoms with Gasteiger partial charge in [0.1, 0.15) is 0 Å². The molecule has 1 aliphatic rings. The van der Waals surface area contributed by atoms with E-state index in [1.54, 1.807) is 0 Å². The molecule has 2 rings (SSSR count). The van der Waals surface area contributed by atoms with E-state index >= 15 is 0 Å². The Kier molecular flexibility index (Phi) is 4.94. The molecule has 1 saturated heterocycles. The molecule has 2 nitrogen and oxygen atoms in total. The van der Waals surface area contributed by atoms with Crippen LogP contribution in [-0.2, 0) is 6.42 Å². The Morgan fingerprint density at radius 2 is 2.06 bits per heavy atom. The van der Waals surface area contributed by atoms with Gasteiger partial charge in [0.25, 0.3) is 0 Å². The zero-order valence-corrected chi connectivity index (χ0v) is 11.2. The molecule has 98 valence electrons. The second kappa shape index (κ2) is 6.69. The molecule has 0 aromatic heterocycles. The molecule has 1 unspecified atom stereocenters. The quantitative estimate of drug-likeness (QED) is 0.806. The third kappa shape index (κ3) is 3.42. The van der Waals surface area contributed by atoms with Crippen molar-refractivity contribution in [3.05, 3.63) is 35.4 Å². The lowest BCUT2D eigenvalue weighted by Crippen LogP contribution is -2.40. The average molecular weight is 245 g/mol. The van der Waals surface area contributed by atoms with Gasteiger partial charge >= 0.3 is 0 Å². The van der Waals surface area contributed by atoms with Crippen molar-refractivity contribution in [1.82, 2.24) is 5.32 Å². The van der Waals surface area contributed by atoms with Gasteiger partial charge in [0.05, 0.1) is 6.04 Å². The minimum absolute atomic E-state index is 0.0419. The molecule has 0 saturated carbocycles. The van der Waals surface area contributed by atoms with Crippen molar-refractivity contribution in [2.75, 3.05) is 6.54 Å². The number of aryl methyl sites for hydroxylation is 1. The van der Waals surface area contributed by atoms with Crippen molar-refractivity contribution in [2.45, 2.75) is 51.5 Å². The lowest BCUT2D eigenvalue weighted by atomic mass is 9.95. The predicted molar refractivity (Wildman–Crippen MR) is 75.0 cm³/mol. The molecular formula is C16H23NO. The Balaban J connectivity index is 1.97. The molecule has 2 heteroatoms. The molecule has 1 aliphatic heterocycles. The maximum Gasteiger partial charge on any atom is 0.179 e. The topological polar surface area (TPSA) is 29.1 Å². The van der Waals surface area contributed by atoms with Gasteiger partial charge < -0.3 is 5.32 Å². The van der Waals surface area contributed by atoms with Crippen LogP contribution in [0.2, 0.25) is 0 Å². The minimum Gasteiger partial charge on any atom is -0.307 e. The smallest absolute Gasteiger partial charge is 0.179 e. The minimum atomic E-state index is 0.0419. The van der Waals surface area contributed by atoms with Crippen LogP contribution in [0.5, 0.6) is 0 Å². The zero-order chi connectivity index (χ0) is 12.8. The summed E-state index contributed by atoms with van der Waals surface area (Å²) in [7, 11) is 0. The first-order valence-electron chi connectivity index (χ1n) is 7.18. The summed E-state index contributed by atoms with van der Waals surface area (Å²) >= 11 is 0. The Labute approximate surface area is 110 Å². The molecule has 18 heavy (non-hydrogen) atoms. The molecule has 1 aromatic rings. The largest absolute Gasteiger partial charge is 0.307 e. The van der Waals surface area contributed by atoms with Gasteiger partial charge in [-0.05, 0) is 37.8 Å². The highest BCUT2D eigenvalue weighted by Gasteiger charge is 2.21. The summed E-state index contributed by atoms with van der Waals surface area (Å²) in [6.07, 6.45) is 6.89. The van der Waals surface area contributed by atoms with Crippen LogP contribution in [0.3, 0.4) is 0 Å². The van der Waals surface area contributed by atoms with Crippen molar-refractivity contribution in [3.63, 3.8) is 0 Å². The second-order valence-electron chi connectivity index (χ2n) is 5.17. The van der Waals surface area contributed by atoms with Crippen LogP contribution in [0, 0.1) is 0 Å². The van der Waals surface area contributed by atoms with Crippen LogP contribution in [0.25, 0.3) is 0 Å². The summed E-state index contributed by atoms with van der Waals surface area (Å²) in [5.74, 6) is 0.261. The highest BCUT2D eigenvalue weighted by atomic mass is 16.1. The molecule has 0 amide bonds. The number of carbonyl (C=O) groups excluding carboxylic acids is 1. The fraction of sp³-hybridized carbons (Fsp3) is 0.562. The van der Waals surface area contributed by atoms with E-state index in [4.69, 9.17) is 0 Å². The number of piperidine rings is 1. The number of unbranched alkanes of at least 4 members (excludes halogenated alkanes) is 1. The van der Waals surface area contributed by atoms with E-state index in [0.717, 1.165) is 31.4 Å². The van der Waals surface area contributed by atoms with Crippen LogP contribution in [0.1, 0.15) is 54.9 Å². The number of benzene rings is 1. The second-order valence-corrected chi connectivity index (χ2v) is 5.17. The van der Waals surface area contributed by atoms with Crippen LogP contribution in [0.15, 0.2) is 24.3 Å². The standard InChI is InChI=1S/C16H23NO/c1-2-3-6-13-8-10-14(11-9-13)16(18)15-7-4-5-12-17-15/h8-11,15,17H,2-7,12H2,1H3. The molecule has 1 fully saturated rings. The van der Waals surface area contributed by atoms with Gasteiger partial charge in [-0.1, -0.05) is 44.0 Å². The molecule has 0 aliphatic carbocycles. The van der Waals surface area contributed by atoms with E-state index in [1.165, 1.54) is 24.8 Å². The van der Waals surface area contributed by atoms with Gasteiger partial charge in [0, 0.05) is 5.56 Å². The van der Waals surface area contributed by atoms with E-state index < -0.39 is 0 Å². The van der Waals surface area contributed by atoms with Gasteiger partial charge in [0.2, 0.25) is 0 Å². The molecule has 0 spiro atoms. The van der Waals surface area contributed by atoms with E-state index in [9.17, 15) is 4.79 Å². The predicted octanol–water partition coefficient (Wildman–Crippen LogP) is 3.35. The number of hydrogen-bond acceptors (Lipinski definition) is 2. The van der Waals surface area contributed by atoms with E-state index in [1.807, 2.05) is 12.1 Å². The third-order valence-electron chi connectivity index (χ3n) is 3.68. The number of hydrogen-bond donors (Lipinski definition) is 1. The maximum absolute atomic E-state index is 12.3. The first kappa shape index (κ1) is 13.3. The summed E-state index contributed by atoms with van der Waals surface area (Å²) in [4.78, 5) is 12.3. The van der Waals surface area contributed by atoms with Crippen LogP contribution in [0.4, 0.5) is 0 Å². The number of nitrogens with one attached hydrogen (secondary N) is 1. The van der Waals surface area contributed by atoms with Crippen LogP contribution < -0.4 is 5.32 Å². The van der Waals surface area contributed by atoms with E-state index in [2.05, 4.69) is 24.4 Å². The monoisotopic (exact) mass is 245 g/mol. The van der Waals surface area contributed by atoms with Crippen molar-refractivity contribution >= 4 is 5.78 Å². The zero-order valence-electron chi connectivity index (χ0n) is 11.2. The lowest BCUT2D eigenvalue weighted by molar-refractivity contribution is 0.0927. The maximum atomic E-state index is 12.3. The van der Waals surface area contributed by atoms with E-state index in [-0.39, 0.29) is 11.8 Å². The van der Waals surface area contributed by atoms with Crippen molar-refractivity contribution in [2.24, 2.45) is 0 Å². The lowest BCUT2D eigenvalue weighted by Gasteiger charge is -2.22. The average Bonchev–Trinajstić information content (AvgIpc) is 2.46. The Bertz CT molecular complexity index is 377. The first-order valence-corrected chi connectivity index (χ1v) is 7.18. The normalized spacial score (nSPS) is 19.7. The summed E-state index contributed by atoms with van der Waals surface area (Å²) < 4.78 is 0. The Hall–Kier alpha value is -1.15. The SMILES string of the molecule is CCCCc1ccc(C(=O)C2CCCCN2)cc1. The number of rotatable bonds is 5. The highest BCUT2D eigenvalue weighted by Crippen LogP contribution is 2.14. The summed E-state index contributed by atoms with van der Waals surface area (Å²) in [5, 5.41) is 3.32. The summed E-state index contributed by atoms with van der Waals surface area (Å²) in [6.45, 7) is 3.18. The number of carbonyl (C=O) groups is 1. The first-order chi connectivity index (χ1) is 8.81. The molecule has 1 aromatic carbocycles. The Morgan fingerprint density at radius 3 is 2.67 bits per heavy atom. The number of ketones is 1. The van der Waals surface area contributed by atoms with Gasteiger partial charge in [0.15, 0.2) is 5.78 Å². The van der Waals surface area contributed by atoms with Gasteiger partial charge in [-0.3, -0.25) is 4.79 Å². The van der Waals surface area contributed by atoms with Gasteiger partial charge in [-0.25, -0.2) is 0 Å². The summed E-state index contributed by atoms with van der Waals surface area (Å²) in [6, 6.07) is 8.23. The van der Waals surface area contributed by atoms with Crippen molar-refractivity contribution in [1.29, 1.82) is 0 Å². The number of Topliss-reactive ketones (excluding diaryl/α,β-unsaturated/α-hetero) is 1. The fourth-order valence-corrected chi connectivity index (χ4v) is 2.49.